The van der Waals surface area contributed by atoms with Gasteiger partial charge >= 0.3 is 0 Å². The monoisotopic (exact) mass is 271 g/mol. The van der Waals surface area contributed by atoms with Crippen LogP contribution < -0.4 is 4.74 Å². The second kappa shape index (κ2) is 3.80. The second-order valence-electron chi connectivity index (χ2n) is 1.68. The maximum Gasteiger partial charge on any atom is 0.228 e. The average molecular weight is 271 g/mol. The minimum absolute atomic E-state index is 0.259. The first-order chi connectivity index (χ1) is 5.24. The number of pyridine rings is 1. The van der Waals surface area contributed by atoms with E-state index in [2.05, 4.69) is 9.72 Å². The molecule has 0 bridgehead atoms. The van der Waals surface area contributed by atoms with Gasteiger partial charge in [-0.3, -0.25) is 0 Å². The van der Waals surface area contributed by atoms with Crippen molar-refractivity contribution in [1.29, 1.82) is 0 Å². The molecular weight excluding hydrogens is 267 g/mol. The van der Waals surface area contributed by atoms with E-state index in [1.54, 1.807) is 22.6 Å². The minimum Gasteiger partial charge on any atom is -0.460 e. The van der Waals surface area contributed by atoms with Gasteiger partial charge in [0, 0.05) is 0 Å². The SMILES string of the molecule is FCOc1ccc(F)nc1I. The third-order valence-electron chi connectivity index (χ3n) is 0.991. The lowest BCUT2D eigenvalue weighted by atomic mass is 10.5. The molecular formula is C6H4F2INO. The summed E-state index contributed by atoms with van der Waals surface area (Å²) in [4.78, 5) is 3.42. The Morgan fingerprint density at radius 2 is 2.27 bits per heavy atom. The van der Waals surface area contributed by atoms with Crippen LogP contribution in [0.5, 0.6) is 5.75 Å². The fraction of sp³-hybridized carbons (Fsp3) is 0.167. The van der Waals surface area contributed by atoms with E-state index in [0.29, 0.717) is 3.70 Å². The largest absolute Gasteiger partial charge is 0.460 e. The average Bonchev–Trinajstić information content (AvgIpc) is 1.95. The molecule has 0 saturated heterocycles. The van der Waals surface area contributed by atoms with Gasteiger partial charge in [-0.2, -0.15) is 4.39 Å². The van der Waals surface area contributed by atoms with Gasteiger partial charge in [-0.05, 0) is 34.7 Å². The van der Waals surface area contributed by atoms with Crippen LogP contribution in [0.2, 0.25) is 0 Å². The smallest absolute Gasteiger partial charge is 0.228 e. The van der Waals surface area contributed by atoms with Gasteiger partial charge in [-0.15, -0.1) is 0 Å². The van der Waals surface area contributed by atoms with E-state index in [0.717, 1.165) is 6.07 Å². The lowest BCUT2D eigenvalue weighted by Crippen LogP contribution is -1.95. The van der Waals surface area contributed by atoms with E-state index in [-0.39, 0.29) is 5.75 Å². The molecule has 0 aromatic carbocycles. The van der Waals surface area contributed by atoms with E-state index in [1.165, 1.54) is 6.07 Å². The molecule has 0 saturated carbocycles. The molecule has 0 aliphatic rings. The van der Waals surface area contributed by atoms with E-state index >= 15 is 0 Å². The van der Waals surface area contributed by atoms with Crippen molar-refractivity contribution in [2.45, 2.75) is 0 Å². The molecule has 1 aromatic heterocycles. The fourth-order valence-corrected chi connectivity index (χ4v) is 1.13. The Balaban J connectivity index is 2.90. The summed E-state index contributed by atoms with van der Waals surface area (Å²) in [7, 11) is 0. The molecule has 11 heavy (non-hydrogen) atoms. The number of hydrogen-bond donors (Lipinski definition) is 0. The van der Waals surface area contributed by atoms with Crippen LogP contribution in [0.1, 0.15) is 0 Å². The predicted octanol–water partition coefficient (Wildman–Crippen LogP) is 2.13. The van der Waals surface area contributed by atoms with Crippen LogP contribution in [0, 0.1) is 9.65 Å². The zero-order chi connectivity index (χ0) is 8.27. The van der Waals surface area contributed by atoms with Gasteiger partial charge in [0.05, 0.1) is 0 Å². The Kier molecular flexibility index (Phi) is 2.98. The number of rotatable bonds is 2. The first kappa shape index (κ1) is 8.63. The molecule has 1 rings (SSSR count). The Morgan fingerprint density at radius 3 is 2.82 bits per heavy atom. The summed E-state index contributed by atoms with van der Waals surface area (Å²) < 4.78 is 28.7. The highest BCUT2D eigenvalue weighted by Gasteiger charge is 2.02. The molecule has 0 atom stereocenters. The van der Waals surface area contributed by atoms with Crippen molar-refractivity contribution in [3.63, 3.8) is 0 Å². The van der Waals surface area contributed by atoms with Crippen molar-refractivity contribution in [3.05, 3.63) is 21.8 Å². The van der Waals surface area contributed by atoms with Gasteiger partial charge in [0.25, 0.3) is 0 Å². The van der Waals surface area contributed by atoms with Crippen LogP contribution >= 0.6 is 22.6 Å². The van der Waals surface area contributed by atoms with Crippen LogP contribution in [0.3, 0.4) is 0 Å². The summed E-state index contributed by atoms with van der Waals surface area (Å²) in [6.07, 6.45) is 0. The number of nitrogens with zero attached hydrogens (tertiary/aromatic N) is 1. The molecule has 2 nitrogen and oxygen atoms in total. The van der Waals surface area contributed by atoms with Crippen LogP contribution in [0.15, 0.2) is 12.1 Å². The zero-order valence-electron chi connectivity index (χ0n) is 5.35. The molecule has 0 radical (unpaired) electrons. The van der Waals surface area contributed by atoms with Gasteiger partial charge in [0.2, 0.25) is 12.8 Å². The molecule has 0 fully saturated rings. The third-order valence-corrected chi connectivity index (χ3v) is 1.76. The maximum atomic E-state index is 12.3. The molecule has 0 aliphatic heterocycles. The highest BCUT2D eigenvalue weighted by atomic mass is 127. The number of halogens is 3. The normalized spacial score (nSPS) is 9.73. The van der Waals surface area contributed by atoms with Gasteiger partial charge < -0.3 is 4.74 Å². The van der Waals surface area contributed by atoms with Crippen LogP contribution in [-0.2, 0) is 0 Å². The topological polar surface area (TPSA) is 22.1 Å². The first-order valence-electron chi connectivity index (χ1n) is 2.75. The van der Waals surface area contributed by atoms with Gasteiger partial charge in [-0.1, -0.05) is 0 Å². The van der Waals surface area contributed by atoms with Crippen molar-refractivity contribution >= 4 is 22.6 Å². The van der Waals surface area contributed by atoms with E-state index in [4.69, 9.17) is 0 Å². The molecule has 1 heterocycles. The Labute approximate surface area is 75.7 Å². The summed E-state index contributed by atoms with van der Waals surface area (Å²) in [5.74, 6) is -0.338. The minimum atomic E-state index is -0.927. The quantitative estimate of drug-likeness (QED) is 0.607. The van der Waals surface area contributed by atoms with E-state index in [9.17, 15) is 8.78 Å². The number of aromatic nitrogens is 1. The molecule has 0 amide bonds. The molecule has 0 aliphatic carbocycles. The summed E-state index contributed by atoms with van der Waals surface area (Å²) in [5.41, 5.74) is 0. The van der Waals surface area contributed by atoms with Crippen molar-refractivity contribution in [3.8, 4) is 5.75 Å². The first-order valence-corrected chi connectivity index (χ1v) is 3.82. The van der Waals surface area contributed by atoms with Crippen molar-refractivity contribution in [1.82, 2.24) is 4.98 Å². The predicted molar refractivity (Wildman–Crippen MR) is 43.5 cm³/mol. The molecule has 5 heteroatoms. The molecule has 0 N–H and O–H groups in total. The summed E-state index contributed by atoms with van der Waals surface area (Å²) >= 11 is 1.77. The van der Waals surface area contributed by atoms with Gasteiger partial charge in [-0.25, -0.2) is 9.37 Å². The van der Waals surface area contributed by atoms with Gasteiger partial charge in [0.15, 0.2) is 5.75 Å². The summed E-state index contributed by atoms with van der Waals surface area (Å²) in [5, 5.41) is 0. The molecule has 1 aromatic rings. The number of ether oxygens (including phenoxy) is 1. The standard InChI is InChI=1S/C6H4F2INO/c7-3-11-4-1-2-5(8)10-6(4)9/h1-2H,3H2. The molecule has 0 spiro atoms. The van der Waals surface area contributed by atoms with Gasteiger partial charge in [0.1, 0.15) is 3.70 Å². The molecule has 60 valence electrons. The lowest BCUT2D eigenvalue weighted by Gasteiger charge is -2.01. The molecule has 0 unspecified atom stereocenters. The van der Waals surface area contributed by atoms with Crippen LogP contribution in [0.4, 0.5) is 8.78 Å². The van der Waals surface area contributed by atoms with E-state index < -0.39 is 12.8 Å². The number of alkyl halides is 1. The third kappa shape index (κ3) is 2.25. The summed E-state index contributed by atoms with van der Waals surface area (Å²) in [6, 6.07) is 2.46. The Bertz CT molecular complexity index is 256. The van der Waals surface area contributed by atoms with Crippen molar-refractivity contribution in [2.24, 2.45) is 0 Å². The lowest BCUT2D eigenvalue weighted by molar-refractivity contribution is 0.189. The highest BCUT2D eigenvalue weighted by Crippen LogP contribution is 2.18. The second-order valence-corrected chi connectivity index (χ2v) is 2.70. The zero-order valence-corrected chi connectivity index (χ0v) is 7.51. The summed E-state index contributed by atoms with van der Waals surface area (Å²) in [6.45, 7) is -0.927. The van der Waals surface area contributed by atoms with Crippen molar-refractivity contribution < 1.29 is 13.5 Å². The van der Waals surface area contributed by atoms with Crippen LogP contribution in [0.25, 0.3) is 0 Å². The van der Waals surface area contributed by atoms with Crippen LogP contribution in [-0.4, -0.2) is 11.8 Å². The van der Waals surface area contributed by atoms with E-state index in [1.807, 2.05) is 0 Å². The fourth-order valence-electron chi connectivity index (χ4n) is 0.566. The Hall–Kier alpha value is -0.460. The number of hydrogen-bond acceptors (Lipinski definition) is 2. The highest BCUT2D eigenvalue weighted by molar-refractivity contribution is 14.1. The maximum absolute atomic E-state index is 12.3. The van der Waals surface area contributed by atoms with Crippen molar-refractivity contribution in [2.75, 3.05) is 6.86 Å². The Morgan fingerprint density at radius 1 is 1.55 bits per heavy atom.